The van der Waals surface area contributed by atoms with Gasteiger partial charge in [0.15, 0.2) is 0 Å². The Labute approximate surface area is 153 Å². The molecule has 0 radical (unpaired) electrons. The van der Waals surface area contributed by atoms with Crippen LogP contribution in [0.15, 0.2) is 24.3 Å². The number of nitrogens with one attached hydrogen (secondary N) is 1. The van der Waals surface area contributed by atoms with Crippen molar-refractivity contribution in [2.24, 2.45) is 5.92 Å². The molecule has 2 bridgehead atoms. The molecule has 0 saturated carbocycles. The Hall–Kier alpha value is -1.59. The number of hydrogen-bond donors (Lipinski definition) is 1. The fourth-order valence-electron chi connectivity index (χ4n) is 4.50. The van der Waals surface area contributed by atoms with Crippen LogP contribution in [0.5, 0.6) is 0 Å². The number of carbonyl (C=O) groups is 1. The maximum atomic E-state index is 12.9. The minimum absolute atomic E-state index is 0.0472. The second-order valence-corrected chi connectivity index (χ2v) is 9.24. The van der Waals surface area contributed by atoms with Crippen molar-refractivity contribution >= 4 is 33.0 Å². The van der Waals surface area contributed by atoms with Crippen molar-refractivity contribution in [1.29, 1.82) is 0 Å². The molecule has 1 amide bonds. The van der Waals surface area contributed by atoms with Crippen molar-refractivity contribution in [3.63, 3.8) is 0 Å². The van der Waals surface area contributed by atoms with Gasteiger partial charge in [0, 0.05) is 36.1 Å². The summed E-state index contributed by atoms with van der Waals surface area (Å²) in [4.78, 5) is 18.4. The third kappa shape index (κ3) is 2.83. The molecule has 3 aliphatic rings. The number of piperidine rings is 3. The Morgan fingerprint density at radius 2 is 1.96 bits per heavy atom. The van der Waals surface area contributed by atoms with E-state index < -0.39 is 0 Å². The minimum atomic E-state index is 0.0472. The third-order valence-electron chi connectivity index (χ3n) is 6.12. The summed E-state index contributed by atoms with van der Waals surface area (Å²) >= 11 is 1.59. The molecule has 3 saturated heterocycles. The number of anilines is 1. The molecule has 4 heterocycles. The molecule has 25 heavy (non-hydrogen) atoms. The highest BCUT2D eigenvalue weighted by Gasteiger charge is 2.48. The number of amides is 1. The van der Waals surface area contributed by atoms with Crippen LogP contribution in [0.3, 0.4) is 0 Å². The molecule has 1 atom stereocenters. The van der Waals surface area contributed by atoms with Gasteiger partial charge in [-0.15, -0.1) is 11.3 Å². The van der Waals surface area contributed by atoms with E-state index in [1.54, 1.807) is 11.3 Å². The lowest BCUT2D eigenvalue weighted by molar-refractivity contribution is -0.0377. The van der Waals surface area contributed by atoms with Crippen molar-refractivity contribution in [2.45, 2.75) is 38.3 Å². The van der Waals surface area contributed by atoms with Crippen LogP contribution in [0.4, 0.5) is 5.69 Å². The minimum Gasteiger partial charge on any atom is -0.378 e. The first kappa shape index (κ1) is 16.9. The van der Waals surface area contributed by atoms with Gasteiger partial charge in [-0.1, -0.05) is 6.07 Å². The molecule has 1 aromatic carbocycles. The number of fused-ring (bicyclic) bond motifs is 4. The van der Waals surface area contributed by atoms with Gasteiger partial charge in [-0.2, -0.15) is 0 Å². The second-order valence-electron chi connectivity index (χ2n) is 8.16. The van der Waals surface area contributed by atoms with E-state index in [1.807, 2.05) is 20.2 Å². The Morgan fingerprint density at radius 1 is 1.24 bits per heavy atom. The second kappa shape index (κ2) is 5.99. The van der Waals surface area contributed by atoms with Gasteiger partial charge in [0.1, 0.15) is 0 Å². The van der Waals surface area contributed by atoms with Gasteiger partial charge in [-0.25, -0.2) is 0 Å². The van der Waals surface area contributed by atoms with E-state index in [2.05, 4.69) is 47.2 Å². The summed E-state index contributed by atoms with van der Waals surface area (Å²) in [6, 6.07) is 8.65. The molecule has 5 rings (SSSR count). The van der Waals surface area contributed by atoms with Crippen LogP contribution in [0.2, 0.25) is 0 Å². The predicted octanol–water partition coefficient (Wildman–Crippen LogP) is 3.57. The Kier molecular flexibility index (Phi) is 4.04. The first-order chi connectivity index (χ1) is 11.9. The quantitative estimate of drug-likeness (QED) is 0.912. The van der Waals surface area contributed by atoms with Crippen LogP contribution in [0, 0.1) is 5.92 Å². The van der Waals surface area contributed by atoms with Crippen molar-refractivity contribution in [1.82, 2.24) is 10.2 Å². The van der Waals surface area contributed by atoms with Crippen LogP contribution in [0.1, 0.15) is 36.4 Å². The van der Waals surface area contributed by atoms with Crippen LogP contribution in [-0.2, 0) is 0 Å². The van der Waals surface area contributed by atoms with Gasteiger partial charge in [0.25, 0.3) is 5.91 Å². The van der Waals surface area contributed by atoms with E-state index in [4.69, 9.17) is 0 Å². The molecule has 1 N–H and O–H groups in total. The number of hydrogen-bond acceptors (Lipinski definition) is 4. The average Bonchev–Trinajstić information content (AvgIpc) is 3.01. The van der Waals surface area contributed by atoms with E-state index >= 15 is 0 Å². The maximum absolute atomic E-state index is 12.9. The first-order valence-electron chi connectivity index (χ1n) is 9.13. The highest BCUT2D eigenvalue weighted by Crippen LogP contribution is 2.39. The highest BCUT2D eigenvalue weighted by atomic mass is 32.1. The van der Waals surface area contributed by atoms with E-state index in [0.717, 1.165) is 10.3 Å². The van der Waals surface area contributed by atoms with Crippen molar-refractivity contribution < 1.29 is 4.79 Å². The topological polar surface area (TPSA) is 35.6 Å². The Morgan fingerprint density at radius 3 is 2.60 bits per heavy atom. The Balaban J connectivity index is 1.58. The lowest BCUT2D eigenvalue weighted by Gasteiger charge is -2.56. The van der Waals surface area contributed by atoms with Crippen molar-refractivity contribution in [3.8, 4) is 0 Å². The molecule has 134 valence electrons. The fourth-order valence-corrected chi connectivity index (χ4v) is 5.50. The van der Waals surface area contributed by atoms with Gasteiger partial charge in [0.2, 0.25) is 0 Å². The molecular formula is C20H27N3OS. The number of thiophene rings is 1. The Bertz CT molecular complexity index is 802. The molecule has 3 fully saturated rings. The summed E-state index contributed by atoms with van der Waals surface area (Å²) in [5, 5.41) is 4.52. The van der Waals surface area contributed by atoms with Crippen LogP contribution < -0.4 is 10.2 Å². The molecule has 2 aromatic rings. The zero-order valence-corrected chi connectivity index (χ0v) is 16.3. The molecule has 0 unspecified atom stereocenters. The molecule has 0 aliphatic carbocycles. The fraction of sp³-hybridized carbons (Fsp3) is 0.550. The van der Waals surface area contributed by atoms with E-state index in [9.17, 15) is 4.79 Å². The number of carbonyl (C=O) groups excluding carboxylic acids is 1. The maximum Gasteiger partial charge on any atom is 0.261 e. The molecule has 4 nitrogen and oxygen atoms in total. The largest absolute Gasteiger partial charge is 0.378 e. The summed E-state index contributed by atoms with van der Waals surface area (Å²) < 4.78 is 1.17. The van der Waals surface area contributed by atoms with Crippen LogP contribution >= 0.6 is 11.3 Å². The van der Waals surface area contributed by atoms with Crippen LogP contribution in [0.25, 0.3) is 10.1 Å². The van der Waals surface area contributed by atoms with Gasteiger partial charge in [-0.3, -0.25) is 9.69 Å². The van der Waals surface area contributed by atoms with Gasteiger partial charge >= 0.3 is 0 Å². The normalized spacial score (nSPS) is 27.4. The van der Waals surface area contributed by atoms with Crippen molar-refractivity contribution in [2.75, 3.05) is 32.1 Å². The van der Waals surface area contributed by atoms with Gasteiger partial charge < -0.3 is 10.2 Å². The average molecular weight is 358 g/mol. The molecular weight excluding hydrogens is 330 g/mol. The summed E-state index contributed by atoms with van der Waals surface area (Å²) in [5.74, 6) is 0.693. The highest BCUT2D eigenvalue weighted by molar-refractivity contribution is 7.20. The lowest BCUT2D eigenvalue weighted by atomic mass is 9.72. The lowest BCUT2D eigenvalue weighted by Crippen LogP contribution is -2.69. The molecule has 1 aromatic heterocycles. The number of benzene rings is 1. The smallest absolute Gasteiger partial charge is 0.261 e. The molecule has 5 heteroatoms. The predicted molar refractivity (Wildman–Crippen MR) is 106 cm³/mol. The summed E-state index contributed by atoms with van der Waals surface area (Å²) in [6.07, 6.45) is 2.40. The monoisotopic (exact) mass is 357 g/mol. The van der Waals surface area contributed by atoms with Crippen LogP contribution in [-0.4, -0.2) is 49.6 Å². The van der Waals surface area contributed by atoms with E-state index in [0.29, 0.717) is 5.92 Å². The zero-order chi connectivity index (χ0) is 17.8. The standard InChI is InChI=1S/C20H27N3OS/c1-20(2)18(13-7-9-23(20)10-8-13)21-19(24)17-11-14-5-6-15(22(3)4)12-16(14)25-17/h5-6,11-13,18H,7-10H2,1-4H3,(H,21,24)/t18-/m0/s1. The van der Waals surface area contributed by atoms with E-state index in [1.165, 1.54) is 36.3 Å². The van der Waals surface area contributed by atoms with Gasteiger partial charge in [-0.05, 0) is 69.3 Å². The SMILES string of the molecule is CN(C)c1ccc2cc(C(=O)N[C@H]3C4CCN(CC4)C3(C)C)sc2c1. The summed E-state index contributed by atoms with van der Waals surface area (Å²) in [7, 11) is 4.08. The first-order valence-corrected chi connectivity index (χ1v) is 9.95. The number of rotatable bonds is 3. The van der Waals surface area contributed by atoms with Crippen molar-refractivity contribution in [3.05, 3.63) is 29.1 Å². The third-order valence-corrected chi connectivity index (χ3v) is 7.21. The van der Waals surface area contributed by atoms with Gasteiger partial charge in [0.05, 0.1) is 4.88 Å². The zero-order valence-electron chi connectivity index (χ0n) is 15.5. The summed E-state index contributed by atoms with van der Waals surface area (Å²) in [5.41, 5.74) is 1.21. The molecule has 3 aliphatic heterocycles. The van der Waals surface area contributed by atoms with E-state index in [-0.39, 0.29) is 17.5 Å². The summed E-state index contributed by atoms with van der Waals surface area (Å²) in [6.45, 7) is 6.88. The molecule has 0 spiro atoms. The number of nitrogens with zero attached hydrogens (tertiary/aromatic N) is 2.